The van der Waals surface area contributed by atoms with Crippen LogP contribution in [0.3, 0.4) is 0 Å². The third-order valence-corrected chi connectivity index (χ3v) is 4.66. The Labute approximate surface area is 116 Å². The summed E-state index contributed by atoms with van der Waals surface area (Å²) in [5, 5.41) is 1.81. The number of thiazole rings is 1. The highest BCUT2D eigenvalue weighted by Gasteiger charge is 2.15. The normalized spacial score (nSPS) is 13.4. The quantitative estimate of drug-likeness (QED) is 0.878. The summed E-state index contributed by atoms with van der Waals surface area (Å²) < 4.78 is 26.8. The lowest BCUT2D eigenvalue weighted by Gasteiger charge is -2.09. The van der Waals surface area contributed by atoms with E-state index in [4.69, 9.17) is 5.73 Å². The number of nitrogens with one attached hydrogen (secondary N) is 1. The summed E-state index contributed by atoms with van der Waals surface area (Å²) >= 11 is 1.43. The molecule has 1 aromatic carbocycles. The molecule has 3 N–H and O–H groups in total. The zero-order valence-corrected chi connectivity index (χ0v) is 12.0. The second kappa shape index (κ2) is 5.79. The van der Waals surface area contributed by atoms with Gasteiger partial charge in [0, 0.05) is 11.4 Å². The average Bonchev–Trinajstić information content (AvgIpc) is 2.90. The molecule has 0 saturated carbocycles. The van der Waals surface area contributed by atoms with Crippen molar-refractivity contribution >= 4 is 21.4 Å². The molecule has 0 amide bonds. The van der Waals surface area contributed by atoms with Crippen LogP contribution in [0.15, 0.2) is 40.1 Å². The van der Waals surface area contributed by atoms with E-state index >= 15 is 0 Å². The lowest BCUT2D eigenvalue weighted by molar-refractivity contribution is 0.580. The molecule has 1 aromatic heterocycles. The summed E-state index contributed by atoms with van der Waals surface area (Å²) in [5.41, 5.74) is 8.91. The third-order valence-electron chi connectivity index (χ3n) is 2.62. The van der Waals surface area contributed by atoms with Crippen LogP contribution >= 0.6 is 11.3 Å². The van der Waals surface area contributed by atoms with Crippen molar-refractivity contribution in [1.82, 2.24) is 9.71 Å². The minimum absolute atomic E-state index is 0.189. The van der Waals surface area contributed by atoms with E-state index in [0.29, 0.717) is 5.69 Å². The SMILES string of the molecule is CC(N)c1cccc(S(=O)(=O)NCc2cscn2)c1. The number of sulfonamides is 1. The van der Waals surface area contributed by atoms with E-state index in [9.17, 15) is 8.42 Å². The van der Waals surface area contributed by atoms with Gasteiger partial charge in [0.15, 0.2) is 0 Å². The van der Waals surface area contributed by atoms with Gasteiger partial charge in [-0.25, -0.2) is 18.1 Å². The van der Waals surface area contributed by atoms with Crippen molar-refractivity contribution in [3.8, 4) is 0 Å². The number of hydrogen-bond donors (Lipinski definition) is 2. The maximum Gasteiger partial charge on any atom is 0.240 e. The highest BCUT2D eigenvalue weighted by Crippen LogP contribution is 2.16. The third kappa shape index (κ3) is 3.60. The molecular weight excluding hydrogens is 282 g/mol. The molecule has 2 rings (SSSR count). The number of nitrogens with two attached hydrogens (primary N) is 1. The summed E-state index contributed by atoms with van der Waals surface area (Å²) in [6, 6.07) is 6.44. The first-order chi connectivity index (χ1) is 8.99. The van der Waals surface area contributed by atoms with Crippen molar-refractivity contribution < 1.29 is 8.42 Å². The molecule has 0 saturated heterocycles. The average molecular weight is 297 g/mol. The standard InChI is InChI=1S/C12H15N3O2S2/c1-9(13)10-3-2-4-12(5-10)19(16,17)15-6-11-7-18-8-14-11/h2-5,7-9,15H,6,13H2,1H3. The Bertz CT molecular complexity index is 637. The molecule has 102 valence electrons. The van der Waals surface area contributed by atoms with Gasteiger partial charge in [0.1, 0.15) is 0 Å². The van der Waals surface area contributed by atoms with Gasteiger partial charge in [-0.15, -0.1) is 11.3 Å². The predicted molar refractivity (Wildman–Crippen MR) is 75.2 cm³/mol. The molecule has 0 aliphatic rings. The second-order valence-corrected chi connectivity index (χ2v) is 6.65. The maximum absolute atomic E-state index is 12.1. The Kier molecular flexibility index (Phi) is 4.31. The van der Waals surface area contributed by atoms with Gasteiger partial charge in [-0.1, -0.05) is 12.1 Å². The fourth-order valence-corrected chi connectivity index (χ4v) is 3.15. The van der Waals surface area contributed by atoms with Gasteiger partial charge < -0.3 is 5.73 Å². The van der Waals surface area contributed by atoms with E-state index in [0.717, 1.165) is 5.56 Å². The van der Waals surface area contributed by atoms with Gasteiger partial charge in [0.05, 0.1) is 22.6 Å². The van der Waals surface area contributed by atoms with Gasteiger partial charge in [0.25, 0.3) is 0 Å². The summed E-state index contributed by atoms with van der Waals surface area (Å²) in [7, 11) is -3.53. The molecule has 1 unspecified atom stereocenters. The van der Waals surface area contributed by atoms with Crippen molar-refractivity contribution in [3.63, 3.8) is 0 Å². The molecule has 0 fully saturated rings. The predicted octanol–water partition coefficient (Wildman–Crippen LogP) is 1.64. The van der Waals surface area contributed by atoms with Crippen LogP contribution in [0.2, 0.25) is 0 Å². The smallest absolute Gasteiger partial charge is 0.240 e. The van der Waals surface area contributed by atoms with Crippen LogP contribution in [0.1, 0.15) is 24.2 Å². The largest absolute Gasteiger partial charge is 0.324 e. The van der Waals surface area contributed by atoms with Crippen LogP contribution in [0.25, 0.3) is 0 Å². The minimum Gasteiger partial charge on any atom is -0.324 e. The van der Waals surface area contributed by atoms with Gasteiger partial charge in [-0.2, -0.15) is 0 Å². The zero-order chi connectivity index (χ0) is 13.9. The number of nitrogens with zero attached hydrogens (tertiary/aromatic N) is 1. The summed E-state index contributed by atoms with van der Waals surface area (Å²) in [6.07, 6.45) is 0. The molecule has 0 spiro atoms. The fraction of sp³-hybridized carbons (Fsp3) is 0.250. The van der Waals surface area contributed by atoms with Crippen LogP contribution in [0.4, 0.5) is 0 Å². The lowest BCUT2D eigenvalue weighted by atomic mass is 10.1. The molecule has 0 aliphatic carbocycles. The van der Waals surface area contributed by atoms with E-state index in [1.807, 2.05) is 13.0 Å². The maximum atomic E-state index is 12.1. The first-order valence-corrected chi connectivity index (χ1v) is 8.14. The first kappa shape index (κ1) is 14.1. The first-order valence-electron chi connectivity index (χ1n) is 5.71. The number of rotatable bonds is 5. The molecule has 0 bridgehead atoms. The molecule has 0 aliphatic heterocycles. The summed E-state index contributed by atoms with van der Waals surface area (Å²) in [5.74, 6) is 0. The summed E-state index contributed by atoms with van der Waals surface area (Å²) in [6.45, 7) is 2.00. The van der Waals surface area contributed by atoms with Crippen LogP contribution in [0.5, 0.6) is 0 Å². The Hall–Kier alpha value is -1.28. The van der Waals surface area contributed by atoms with Crippen molar-refractivity contribution in [2.45, 2.75) is 24.4 Å². The molecule has 2 aromatic rings. The van der Waals surface area contributed by atoms with Crippen molar-refractivity contribution in [3.05, 3.63) is 46.4 Å². The van der Waals surface area contributed by atoms with E-state index in [1.165, 1.54) is 11.3 Å². The number of hydrogen-bond acceptors (Lipinski definition) is 5. The highest BCUT2D eigenvalue weighted by molar-refractivity contribution is 7.89. The molecule has 7 heteroatoms. The van der Waals surface area contributed by atoms with Crippen LogP contribution in [-0.2, 0) is 16.6 Å². The zero-order valence-electron chi connectivity index (χ0n) is 10.4. The molecule has 0 radical (unpaired) electrons. The van der Waals surface area contributed by atoms with Crippen molar-refractivity contribution in [2.24, 2.45) is 5.73 Å². The Morgan fingerprint density at radius 2 is 2.26 bits per heavy atom. The Morgan fingerprint density at radius 3 is 2.89 bits per heavy atom. The highest BCUT2D eigenvalue weighted by atomic mass is 32.2. The molecule has 5 nitrogen and oxygen atoms in total. The Morgan fingerprint density at radius 1 is 1.47 bits per heavy atom. The van der Waals surface area contributed by atoms with Gasteiger partial charge in [0.2, 0.25) is 10.0 Å². The van der Waals surface area contributed by atoms with Gasteiger partial charge in [-0.3, -0.25) is 0 Å². The van der Waals surface area contributed by atoms with E-state index in [-0.39, 0.29) is 17.5 Å². The topological polar surface area (TPSA) is 85.1 Å². The van der Waals surface area contributed by atoms with Crippen LogP contribution < -0.4 is 10.5 Å². The van der Waals surface area contributed by atoms with Crippen molar-refractivity contribution in [1.29, 1.82) is 0 Å². The number of benzene rings is 1. The van der Waals surface area contributed by atoms with E-state index < -0.39 is 10.0 Å². The van der Waals surface area contributed by atoms with E-state index in [1.54, 1.807) is 29.1 Å². The van der Waals surface area contributed by atoms with Crippen LogP contribution in [0, 0.1) is 0 Å². The van der Waals surface area contributed by atoms with Gasteiger partial charge >= 0.3 is 0 Å². The molecular formula is C12H15N3O2S2. The minimum atomic E-state index is -3.53. The molecule has 1 atom stereocenters. The monoisotopic (exact) mass is 297 g/mol. The van der Waals surface area contributed by atoms with E-state index in [2.05, 4.69) is 9.71 Å². The summed E-state index contributed by atoms with van der Waals surface area (Å²) in [4.78, 5) is 4.25. The fourth-order valence-electron chi connectivity index (χ4n) is 1.54. The van der Waals surface area contributed by atoms with Gasteiger partial charge in [-0.05, 0) is 24.6 Å². The second-order valence-electron chi connectivity index (χ2n) is 4.17. The van der Waals surface area contributed by atoms with Crippen molar-refractivity contribution in [2.75, 3.05) is 0 Å². The molecule has 1 heterocycles. The lowest BCUT2D eigenvalue weighted by Crippen LogP contribution is -2.23. The van der Waals surface area contributed by atoms with Crippen LogP contribution in [-0.4, -0.2) is 13.4 Å². The molecule has 19 heavy (non-hydrogen) atoms. The Balaban J connectivity index is 2.17. The number of aromatic nitrogens is 1.